The molecule has 2 aromatic carbocycles. The van der Waals surface area contributed by atoms with Crippen molar-refractivity contribution in [1.29, 1.82) is 0 Å². The summed E-state index contributed by atoms with van der Waals surface area (Å²) in [6.45, 7) is 5.43. The highest BCUT2D eigenvalue weighted by Gasteiger charge is 2.21. The summed E-state index contributed by atoms with van der Waals surface area (Å²) in [6, 6.07) is 13.7. The minimum atomic E-state index is -0.688. The maximum Gasteiger partial charge on any atom is 0.255 e. The lowest BCUT2D eigenvalue weighted by molar-refractivity contribution is 0.0149. The SMILES string of the molecule is Cc1cccc(-c2nn(-c3ccc(F)cc3)cc2C(=O)NCC(O)CN2CCOCC2)c1. The molecule has 2 heterocycles. The number of aliphatic hydroxyl groups excluding tert-OH is 1. The fourth-order valence-corrected chi connectivity index (χ4v) is 3.72. The van der Waals surface area contributed by atoms with Crippen LogP contribution in [0.15, 0.2) is 54.7 Å². The van der Waals surface area contributed by atoms with E-state index in [9.17, 15) is 14.3 Å². The summed E-state index contributed by atoms with van der Waals surface area (Å²) in [6.07, 6.45) is 0.945. The van der Waals surface area contributed by atoms with Crippen molar-refractivity contribution in [2.45, 2.75) is 13.0 Å². The number of aryl methyl sites for hydroxylation is 1. The number of halogens is 1. The van der Waals surface area contributed by atoms with E-state index in [-0.39, 0.29) is 18.3 Å². The number of carbonyl (C=O) groups is 1. The minimum Gasteiger partial charge on any atom is -0.390 e. The number of nitrogens with zero attached hydrogens (tertiary/aromatic N) is 3. The zero-order valence-corrected chi connectivity index (χ0v) is 18.0. The standard InChI is InChI=1S/C24H27FN4O3/c1-17-3-2-4-18(13-17)23-22(16-29(27-23)20-7-5-19(25)6-8-20)24(31)26-14-21(30)15-28-9-11-32-12-10-28/h2-8,13,16,21,30H,9-12,14-15H2,1H3,(H,26,31). The number of nitrogens with one attached hydrogen (secondary N) is 1. The van der Waals surface area contributed by atoms with Crippen LogP contribution in [0.2, 0.25) is 0 Å². The lowest BCUT2D eigenvalue weighted by Crippen LogP contribution is -2.44. The van der Waals surface area contributed by atoms with Crippen LogP contribution in [0.3, 0.4) is 0 Å². The summed E-state index contributed by atoms with van der Waals surface area (Å²) in [7, 11) is 0. The van der Waals surface area contributed by atoms with Crippen LogP contribution < -0.4 is 5.32 Å². The lowest BCUT2D eigenvalue weighted by Gasteiger charge is -2.28. The zero-order chi connectivity index (χ0) is 22.5. The van der Waals surface area contributed by atoms with Gasteiger partial charge in [0.25, 0.3) is 5.91 Å². The summed E-state index contributed by atoms with van der Waals surface area (Å²) in [5.74, 6) is -0.664. The van der Waals surface area contributed by atoms with E-state index in [0.29, 0.717) is 36.7 Å². The Bertz CT molecular complexity index is 1060. The summed E-state index contributed by atoms with van der Waals surface area (Å²) in [5, 5.41) is 17.8. The number of carbonyl (C=O) groups excluding carboxylic acids is 1. The van der Waals surface area contributed by atoms with Gasteiger partial charge in [-0.1, -0.05) is 23.8 Å². The van der Waals surface area contributed by atoms with E-state index in [1.807, 2.05) is 31.2 Å². The van der Waals surface area contributed by atoms with Crippen LogP contribution in [0.4, 0.5) is 4.39 Å². The molecule has 1 fully saturated rings. The number of benzene rings is 2. The third-order valence-corrected chi connectivity index (χ3v) is 5.41. The minimum absolute atomic E-state index is 0.130. The molecular weight excluding hydrogens is 411 g/mol. The third kappa shape index (κ3) is 5.40. The van der Waals surface area contributed by atoms with Crippen LogP contribution in [-0.2, 0) is 4.74 Å². The van der Waals surface area contributed by atoms with Crippen LogP contribution in [0.1, 0.15) is 15.9 Å². The van der Waals surface area contributed by atoms with Gasteiger partial charge in [-0.05, 0) is 37.3 Å². The molecule has 8 heteroatoms. The Morgan fingerprint density at radius 3 is 2.69 bits per heavy atom. The Morgan fingerprint density at radius 1 is 1.22 bits per heavy atom. The maximum atomic E-state index is 13.3. The molecule has 7 nitrogen and oxygen atoms in total. The second kappa shape index (κ2) is 10.0. The molecular formula is C24H27FN4O3. The summed E-state index contributed by atoms with van der Waals surface area (Å²) >= 11 is 0. The van der Waals surface area contributed by atoms with Crippen molar-refractivity contribution in [2.75, 3.05) is 39.4 Å². The molecule has 1 amide bonds. The molecule has 32 heavy (non-hydrogen) atoms. The van der Waals surface area contributed by atoms with Gasteiger partial charge in [0.05, 0.1) is 30.6 Å². The molecule has 1 aliphatic heterocycles. The highest BCUT2D eigenvalue weighted by Crippen LogP contribution is 2.25. The average molecular weight is 439 g/mol. The number of ether oxygens (including phenoxy) is 1. The summed E-state index contributed by atoms with van der Waals surface area (Å²) in [5.41, 5.74) is 3.42. The number of aromatic nitrogens is 2. The predicted molar refractivity (Wildman–Crippen MR) is 119 cm³/mol. The largest absolute Gasteiger partial charge is 0.390 e. The fraction of sp³-hybridized carbons (Fsp3) is 0.333. The second-order valence-corrected chi connectivity index (χ2v) is 7.96. The van der Waals surface area contributed by atoms with Crippen molar-refractivity contribution in [1.82, 2.24) is 20.0 Å². The van der Waals surface area contributed by atoms with E-state index >= 15 is 0 Å². The molecule has 1 unspecified atom stereocenters. The normalized spacial score (nSPS) is 15.5. The Hall–Kier alpha value is -3.07. The molecule has 0 radical (unpaired) electrons. The van der Waals surface area contributed by atoms with Gasteiger partial charge in [0.2, 0.25) is 0 Å². The van der Waals surface area contributed by atoms with Gasteiger partial charge < -0.3 is 15.2 Å². The molecule has 0 saturated carbocycles. The molecule has 2 N–H and O–H groups in total. The van der Waals surface area contributed by atoms with E-state index in [4.69, 9.17) is 4.74 Å². The van der Waals surface area contributed by atoms with Crippen LogP contribution in [0, 0.1) is 12.7 Å². The number of amides is 1. The first-order valence-corrected chi connectivity index (χ1v) is 10.7. The third-order valence-electron chi connectivity index (χ3n) is 5.41. The Labute approximate surface area is 186 Å². The van der Waals surface area contributed by atoms with E-state index < -0.39 is 6.10 Å². The number of rotatable bonds is 7. The number of aliphatic hydroxyl groups is 1. The van der Waals surface area contributed by atoms with Crippen molar-refractivity contribution in [3.63, 3.8) is 0 Å². The monoisotopic (exact) mass is 438 g/mol. The van der Waals surface area contributed by atoms with Gasteiger partial charge in [0.1, 0.15) is 11.5 Å². The predicted octanol–water partition coefficient (Wildman–Crippen LogP) is 2.41. The molecule has 1 aromatic heterocycles. The average Bonchev–Trinajstić information content (AvgIpc) is 3.24. The number of morpholine rings is 1. The van der Waals surface area contributed by atoms with Crippen molar-refractivity contribution in [3.8, 4) is 16.9 Å². The Morgan fingerprint density at radius 2 is 1.97 bits per heavy atom. The molecule has 3 aromatic rings. The molecule has 4 rings (SSSR count). The van der Waals surface area contributed by atoms with Crippen molar-refractivity contribution in [3.05, 3.63) is 71.7 Å². The van der Waals surface area contributed by atoms with Gasteiger partial charge in [-0.15, -0.1) is 0 Å². The van der Waals surface area contributed by atoms with Crippen molar-refractivity contribution < 1.29 is 19.0 Å². The second-order valence-electron chi connectivity index (χ2n) is 7.96. The lowest BCUT2D eigenvalue weighted by atomic mass is 10.1. The van der Waals surface area contributed by atoms with Gasteiger partial charge in [-0.3, -0.25) is 9.69 Å². The van der Waals surface area contributed by atoms with E-state index in [1.165, 1.54) is 12.1 Å². The zero-order valence-electron chi connectivity index (χ0n) is 18.0. The Balaban J connectivity index is 1.54. The van der Waals surface area contributed by atoms with Crippen LogP contribution in [0.25, 0.3) is 16.9 Å². The first-order valence-electron chi connectivity index (χ1n) is 10.7. The van der Waals surface area contributed by atoms with Crippen molar-refractivity contribution >= 4 is 5.91 Å². The van der Waals surface area contributed by atoms with Gasteiger partial charge >= 0.3 is 0 Å². The first-order chi connectivity index (χ1) is 15.5. The summed E-state index contributed by atoms with van der Waals surface area (Å²) in [4.78, 5) is 15.2. The molecule has 0 bridgehead atoms. The van der Waals surface area contributed by atoms with E-state index in [0.717, 1.165) is 24.2 Å². The smallest absolute Gasteiger partial charge is 0.255 e. The molecule has 0 aliphatic carbocycles. The molecule has 168 valence electrons. The van der Waals surface area contributed by atoms with Gasteiger partial charge in [-0.2, -0.15) is 5.10 Å². The fourth-order valence-electron chi connectivity index (χ4n) is 3.72. The summed E-state index contributed by atoms with van der Waals surface area (Å²) < 4.78 is 20.2. The van der Waals surface area contributed by atoms with Crippen LogP contribution >= 0.6 is 0 Å². The van der Waals surface area contributed by atoms with Gasteiger partial charge in [0, 0.05) is 37.9 Å². The van der Waals surface area contributed by atoms with E-state index in [2.05, 4.69) is 15.3 Å². The highest BCUT2D eigenvalue weighted by atomic mass is 19.1. The molecule has 0 spiro atoms. The quantitative estimate of drug-likeness (QED) is 0.592. The number of hydrogen-bond acceptors (Lipinski definition) is 5. The first kappa shape index (κ1) is 22.1. The molecule has 1 atom stereocenters. The van der Waals surface area contributed by atoms with Gasteiger partial charge in [-0.25, -0.2) is 9.07 Å². The molecule has 1 aliphatic rings. The van der Waals surface area contributed by atoms with Crippen LogP contribution in [-0.4, -0.2) is 71.2 Å². The maximum absolute atomic E-state index is 13.3. The number of β-amino-alcohol motifs (C(OH)–C–C–N with tert-alkyl or cyclic N) is 1. The van der Waals surface area contributed by atoms with E-state index in [1.54, 1.807) is 23.0 Å². The highest BCUT2D eigenvalue weighted by molar-refractivity contribution is 6.00. The topological polar surface area (TPSA) is 79.6 Å². The Kier molecular flexibility index (Phi) is 6.94. The van der Waals surface area contributed by atoms with Gasteiger partial charge in [0.15, 0.2) is 0 Å². The molecule has 1 saturated heterocycles. The van der Waals surface area contributed by atoms with Crippen molar-refractivity contribution in [2.24, 2.45) is 0 Å². The number of hydrogen-bond donors (Lipinski definition) is 2. The van der Waals surface area contributed by atoms with Crippen LogP contribution in [0.5, 0.6) is 0 Å².